The lowest BCUT2D eigenvalue weighted by atomic mass is 10.2. The summed E-state index contributed by atoms with van der Waals surface area (Å²) in [6, 6.07) is 8.03. The third kappa shape index (κ3) is 6.52. The molecule has 0 fully saturated rings. The predicted molar refractivity (Wildman–Crippen MR) is 120 cm³/mol. The molecule has 0 bridgehead atoms. The first kappa shape index (κ1) is 23.2. The number of hydrazone groups is 1. The van der Waals surface area contributed by atoms with Crippen molar-refractivity contribution in [2.75, 3.05) is 5.32 Å². The molecule has 0 radical (unpaired) electrons. The van der Waals surface area contributed by atoms with Crippen LogP contribution in [0.2, 0.25) is 0 Å². The SMILES string of the molecule is O=C(Cc1csc(Nc2cccc(C(F)(F)F)c2)n1)N/N=C\c1cc(Br)c(O)c(Br)c1. The number of aromatic hydroxyl groups is 1. The first-order valence-electron chi connectivity index (χ1n) is 8.50. The molecule has 6 nitrogen and oxygen atoms in total. The second kappa shape index (κ2) is 9.79. The quantitative estimate of drug-likeness (QED) is 0.254. The number of nitrogens with zero attached hydrogens (tertiary/aromatic N) is 2. The second-order valence-electron chi connectivity index (χ2n) is 6.15. The van der Waals surface area contributed by atoms with Gasteiger partial charge in [-0.3, -0.25) is 4.79 Å². The van der Waals surface area contributed by atoms with E-state index in [1.54, 1.807) is 17.5 Å². The Morgan fingerprint density at radius 1 is 1.23 bits per heavy atom. The van der Waals surface area contributed by atoms with E-state index in [0.717, 1.165) is 12.1 Å². The van der Waals surface area contributed by atoms with Gasteiger partial charge in [0.25, 0.3) is 0 Å². The predicted octanol–water partition coefficient (Wildman–Crippen LogP) is 5.83. The van der Waals surface area contributed by atoms with Crippen LogP contribution in [-0.4, -0.2) is 22.2 Å². The van der Waals surface area contributed by atoms with Gasteiger partial charge in [-0.05, 0) is 67.8 Å². The van der Waals surface area contributed by atoms with E-state index < -0.39 is 17.6 Å². The number of nitrogens with one attached hydrogen (secondary N) is 2. The molecule has 3 aromatic rings. The van der Waals surface area contributed by atoms with E-state index in [-0.39, 0.29) is 17.9 Å². The van der Waals surface area contributed by atoms with Crippen molar-refractivity contribution in [3.63, 3.8) is 0 Å². The van der Waals surface area contributed by atoms with Gasteiger partial charge < -0.3 is 10.4 Å². The van der Waals surface area contributed by atoms with Crippen molar-refractivity contribution in [2.24, 2.45) is 5.10 Å². The van der Waals surface area contributed by atoms with Gasteiger partial charge in [-0.1, -0.05) is 6.07 Å². The molecule has 0 unspecified atom stereocenters. The Bertz CT molecular complexity index is 1110. The molecule has 162 valence electrons. The van der Waals surface area contributed by atoms with E-state index >= 15 is 0 Å². The first-order chi connectivity index (χ1) is 14.6. The fraction of sp³-hybridized carbons (Fsp3) is 0.105. The monoisotopic (exact) mass is 576 g/mol. The molecule has 2 aromatic carbocycles. The van der Waals surface area contributed by atoms with Crippen LogP contribution in [0.25, 0.3) is 0 Å². The molecule has 3 N–H and O–H groups in total. The molecule has 12 heteroatoms. The Morgan fingerprint density at radius 2 is 1.94 bits per heavy atom. The van der Waals surface area contributed by atoms with Gasteiger partial charge in [0.1, 0.15) is 5.75 Å². The van der Waals surface area contributed by atoms with Gasteiger partial charge in [0.05, 0.1) is 32.8 Å². The number of hydrogen-bond acceptors (Lipinski definition) is 6. The zero-order valence-corrected chi connectivity index (χ0v) is 19.4. The average Bonchev–Trinajstić information content (AvgIpc) is 3.12. The Kier molecular flexibility index (Phi) is 7.34. The highest BCUT2D eigenvalue weighted by atomic mass is 79.9. The Balaban J connectivity index is 1.57. The minimum Gasteiger partial charge on any atom is -0.506 e. The number of alkyl halides is 3. The zero-order chi connectivity index (χ0) is 22.6. The van der Waals surface area contributed by atoms with Crippen LogP contribution in [0, 0.1) is 0 Å². The summed E-state index contributed by atoms with van der Waals surface area (Å²) in [5.74, 6) is -0.358. The van der Waals surface area contributed by atoms with Crippen molar-refractivity contribution in [1.82, 2.24) is 10.4 Å². The van der Waals surface area contributed by atoms with Gasteiger partial charge in [-0.25, -0.2) is 10.4 Å². The van der Waals surface area contributed by atoms with Crippen LogP contribution >= 0.6 is 43.2 Å². The van der Waals surface area contributed by atoms with Gasteiger partial charge in [0.15, 0.2) is 5.13 Å². The number of carbonyl (C=O) groups excluding carboxylic acids is 1. The first-order valence-corrected chi connectivity index (χ1v) is 11.0. The largest absolute Gasteiger partial charge is 0.506 e. The molecule has 0 aliphatic carbocycles. The average molecular weight is 578 g/mol. The summed E-state index contributed by atoms with van der Waals surface area (Å²) in [6.45, 7) is 0. The maximum absolute atomic E-state index is 12.8. The fourth-order valence-electron chi connectivity index (χ4n) is 2.38. The third-order valence-electron chi connectivity index (χ3n) is 3.78. The van der Waals surface area contributed by atoms with Crippen molar-refractivity contribution >= 4 is 66.1 Å². The number of thiazole rings is 1. The van der Waals surface area contributed by atoms with Crippen LogP contribution in [0.1, 0.15) is 16.8 Å². The third-order valence-corrected chi connectivity index (χ3v) is 5.79. The van der Waals surface area contributed by atoms with Crippen LogP contribution in [0.5, 0.6) is 5.75 Å². The molecule has 0 spiro atoms. The minimum absolute atomic E-state index is 0.0545. The number of hydrogen-bond donors (Lipinski definition) is 3. The zero-order valence-electron chi connectivity index (χ0n) is 15.4. The maximum Gasteiger partial charge on any atom is 0.416 e. The summed E-state index contributed by atoms with van der Waals surface area (Å²) in [7, 11) is 0. The van der Waals surface area contributed by atoms with Crippen molar-refractivity contribution < 1.29 is 23.1 Å². The molecule has 0 atom stereocenters. The highest BCUT2D eigenvalue weighted by Gasteiger charge is 2.30. The second-order valence-corrected chi connectivity index (χ2v) is 8.72. The summed E-state index contributed by atoms with van der Waals surface area (Å²) >= 11 is 7.58. The number of halogens is 5. The fourth-order valence-corrected chi connectivity index (χ4v) is 4.34. The van der Waals surface area contributed by atoms with Gasteiger partial charge in [-0.15, -0.1) is 11.3 Å². The molecule has 0 aliphatic rings. The van der Waals surface area contributed by atoms with Crippen LogP contribution in [0.4, 0.5) is 24.0 Å². The van der Waals surface area contributed by atoms with Gasteiger partial charge in [-0.2, -0.15) is 18.3 Å². The maximum atomic E-state index is 12.8. The normalized spacial score (nSPS) is 11.6. The smallest absolute Gasteiger partial charge is 0.416 e. The standard InChI is InChI=1S/C19H13Br2F3N4O2S/c20-14-4-10(5-15(21)17(14)30)8-25-28-16(29)7-13-9-31-18(27-13)26-12-3-1-2-11(6-12)19(22,23)24/h1-6,8-9,30H,7H2,(H,26,27)(H,28,29)/b25-8-. The Morgan fingerprint density at radius 3 is 2.61 bits per heavy atom. The number of aromatic nitrogens is 1. The van der Waals surface area contributed by atoms with E-state index in [2.05, 4.69) is 52.7 Å². The molecular formula is C19H13Br2F3N4O2S. The van der Waals surface area contributed by atoms with E-state index in [0.29, 0.717) is 25.3 Å². The molecule has 1 aromatic heterocycles. The molecule has 0 saturated heterocycles. The van der Waals surface area contributed by atoms with E-state index in [1.807, 2.05) is 0 Å². The van der Waals surface area contributed by atoms with Gasteiger partial charge in [0, 0.05) is 11.1 Å². The van der Waals surface area contributed by atoms with Crippen LogP contribution < -0.4 is 10.7 Å². The van der Waals surface area contributed by atoms with Crippen LogP contribution in [0.15, 0.2) is 55.8 Å². The number of amides is 1. The van der Waals surface area contributed by atoms with Gasteiger partial charge in [0.2, 0.25) is 5.91 Å². The van der Waals surface area contributed by atoms with Crippen molar-refractivity contribution in [2.45, 2.75) is 12.6 Å². The van der Waals surface area contributed by atoms with Crippen molar-refractivity contribution in [1.29, 1.82) is 0 Å². The van der Waals surface area contributed by atoms with Crippen molar-refractivity contribution in [3.8, 4) is 5.75 Å². The van der Waals surface area contributed by atoms with Crippen molar-refractivity contribution in [3.05, 3.63) is 67.5 Å². The summed E-state index contributed by atoms with van der Waals surface area (Å²) in [5.41, 5.74) is 2.94. The molecule has 0 aliphatic heterocycles. The number of benzene rings is 2. The molecule has 31 heavy (non-hydrogen) atoms. The lowest BCUT2D eigenvalue weighted by Crippen LogP contribution is -2.19. The lowest BCUT2D eigenvalue weighted by Gasteiger charge is -2.08. The van der Waals surface area contributed by atoms with E-state index in [1.165, 1.54) is 29.7 Å². The molecule has 3 rings (SSSR count). The highest BCUT2D eigenvalue weighted by Crippen LogP contribution is 2.33. The van der Waals surface area contributed by atoms with Crippen LogP contribution in [0.3, 0.4) is 0 Å². The number of phenols is 1. The molecular weight excluding hydrogens is 565 g/mol. The minimum atomic E-state index is -4.43. The lowest BCUT2D eigenvalue weighted by molar-refractivity contribution is -0.137. The number of phenolic OH excluding ortho intramolecular Hbond substituents is 1. The summed E-state index contributed by atoms with van der Waals surface area (Å²) in [4.78, 5) is 16.3. The number of carbonyl (C=O) groups is 1. The molecule has 0 saturated carbocycles. The van der Waals surface area contributed by atoms with E-state index in [9.17, 15) is 23.1 Å². The van der Waals surface area contributed by atoms with E-state index in [4.69, 9.17) is 0 Å². The summed E-state index contributed by atoms with van der Waals surface area (Å²) in [5, 5.41) is 18.4. The highest BCUT2D eigenvalue weighted by molar-refractivity contribution is 9.11. The van der Waals surface area contributed by atoms with Crippen LogP contribution in [-0.2, 0) is 17.4 Å². The summed E-state index contributed by atoms with van der Waals surface area (Å²) in [6.07, 6.45) is -3.08. The Labute approximate surface area is 195 Å². The number of anilines is 2. The van der Waals surface area contributed by atoms with Gasteiger partial charge >= 0.3 is 6.18 Å². The summed E-state index contributed by atoms with van der Waals surface area (Å²) < 4.78 is 39.4. The number of rotatable bonds is 6. The molecule has 1 amide bonds. The molecule has 1 heterocycles. The Hall–Kier alpha value is -2.44. The topological polar surface area (TPSA) is 86.6 Å².